The molecule has 1 N–H and O–H groups in total. The number of hydrogen-bond donors (Lipinski definition) is 1. The van der Waals surface area contributed by atoms with Gasteiger partial charge in [0.25, 0.3) is 0 Å². The number of halogens is 1. The first-order valence-electron chi connectivity index (χ1n) is 6.93. The van der Waals surface area contributed by atoms with Crippen molar-refractivity contribution in [3.05, 3.63) is 28.2 Å². The summed E-state index contributed by atoms with van der Waals surface area (Å²) < 4.78 is 0.948. The largest absolute Gasteiger partial charge is 0.381 e. The molecule has 1 aliphatic rings. The molecule has 1 heterocycles. The molecule has 112 valence electrons. The van der Waals surface area contributed by atoms with E-state index in [9.17, 15) is 4.79 Å². The average Bonchev–Trinajstić information content (AvgIpc) is 2.47. The fraction of sp³-hybridized carbons (Fsp3) is 0.467. The summed E-state index contributed by atoms with van der Waals surface area (Å²) in [7, 11) is 3.54. The Bertz CT molecular complexity index is 559. The van der Waals surface area contributed by atoms with E-state index < -0.39 is 0 Å². The van der Waals surface area contributed by atoms with Crippen LogP contribution in [0.3, 0.4) is 0 Å². The van der Waals surface area contributed by atoms with E-state index in [1.54, 1.807) is 25.1 Å². The molecule has 0 spiro atoms. The van der Waals surface area contributed by atoms with E-state index >= 15 is 0 Å². The van der Waals surface area contributed by atoms with E-state index in [0.717, 1.165) is 36.1 Å². The highest BCUT2D eigenvalue weighted by atomic mass is 79.9. The summed E-state index contributed by atoms with van der Waals surface area (Å²) in [5.74, 6) is 0. The van der Waals surface area contributed by atoms with Crippen molar-refractivity contribution in [1.82, 2.24) is 9.80 Å². The molecule has 0 aliphatic carbocycles. The lowest BCUT2D eigenvalue weighted by atomic mass is 10.0. The van der Waals surface area contributed by atoms with Crippen molar-refractivity contribution in [2.45, 2.75) is 18.9 Å². The number of nitriles is 1. The molecule has 0 atom stereocenters. The highest BCUT2D eigenvalue weighted by molar-refractivity contribution is 9.10. The summed E-state index contributed by atoms with van der Waals surface area (Å²) in [6.45, 7) is 1.48. The van der Waals surface area contributed by atoms with Crippen molar-refractivity contribution in [2.75, 3.05) is 32.5 Å². The molecule has 0 saturated carbocycles. The van der Waals surface area contributed by atoms with E-state index in [2.05, 4.69) is 27.3 Å². The third-order valence-corrected chi connectivity index (χ3v) is 4.10. The van der Waals surface area contributed by atoms with E-state index in [1.807, 2.05) is 17.0 Å². The lowest BCUT2D eigenvalue weighted by Crippen LogP contribution is -2.46. The molecule has 1 fully saturated rings. The highest BCUT2D eigenvalue weighted by Crippen LogP contribution is 2.24. The van der Waals surface area contributed by atoms with Gasteiger partial charge in [-0.15, -0.1) is 0 Å². The van der Waals surface area contributed by atoms with Gasteiger partial charge in [-0.25, -0.2) is 4.79 Å². The Labute approximate surface area is 133 Å². The minimum Gasteiger partial charge on any atom is -0.381 e. The first-order valence-corrected chi connectivity index (χ1v) is 7.73. The maximum Gasteiger partial charge on any atom is 0.319 e. The van der Waals surface area contributed by atoms with Crippen molar-refractivity contribution in [2.24, 2.45) is 0 Å². The van der Waals surface area contributed by atoms with Gasteiger partial charge in [-0.1, -0.05) is 15.9 Å². The van der Waals surface area contributed by atoms with Gasteiger partial charge in [-0.3, -0.25) is 0 Å². The van der Waals surface area contributed by atoms with E-state index in [1.165, 1.54) is 0 Å². The summed E-state index contributed by atoms with van der Waals surface area (Å²) >= 11 is 3.43. The number of carbonyl (C=O) groups excluding carboxylic acids is 1. The van der Waals surface area contributed by atoms with E-state index in [-0.39, 0.29) is 12.1 Å². The molecule has 2 amide bonds. The van der Waals surface area contributed by atoms with Gasteiger partial charge in [0.1, 0.15) is 6.07 Å². The number of anilines is 1. The van der Waals surface area contributed by atoms with Gasteiger partial charge in [-0.2, -0.15) is 5.26 Å². The third-order valence-electron chi connectivity index (χ3n) is 3.61. The molecule has 0 unspecified atom stereocenters. The van der Waals surface area contributed by atoms with Gasteiger partial charge in [0, 0.05) is 37.7 Å². The number of amides is 2. The van der Waals surface area contributed by atoms with Crippen molar-refractivity contribution in [3.8, 4) is 6.07 Å². The third kappa shape index (κ3) is 3.88. The van der Waals surface area contributed by atoms with Crippen LogP contribution in [-0.4, -0.2) is 49.1 Å². The van der Waals surface area contributed by atoms with Gasteiger partial charge < -0.3 is 15.1 Å². The summed E-state index contributed by atoms with van der Waals surface area (Å²) in [5.41, 5.74) is 1.49. The summed E-state index contributed by atoms with van der Waals surface area (Å²) in [6, 6.07) is 8.15. The number of hydrogen-bond acceptors (Lipinski definition) is 3. The Balaban J connectivity index is 1.97. The molecular weight excluding hydrogens is 332 g/mol. The SMILES string of the molecule is CN(C)C(=O)N1CCC(Nc2cc(Br)ccc2C#N)CC1. The van der Waals surface area contributed by atoms with Crippen LogP contribution in [0.2, 0.25) is 0 Å². The first kappa shape index (κ1) is 15.6. The normalized spacial score (nSPS) is 15.4. The molecule has 1 aromatic rings. The summed E-state index contributed by atoms with van der Waals surface area (Å²) in [4.78, 5) is 15.4. The lowest BCUT2D eigenvalue weighted by Gasteiger charge is -2.34. The van der Waals surface area contributed by atoms with Gasteiger partial charge in [-0.05, 0) is 31.0 Å². The zero-order chi connectivity index (χ0) is 15.4. The quantitative estimate of drug-likeness (QED) is 0.891. The number of nitrogens with one attached hydrogen (secondary N) is 1. The van der Waals surface area contributed by atoms with Gasteiger partial charge in [0.2, 0.25) is 0 Å². The molecule has 1 saturated heterocycles. The highest BCUT2D eigenvalue weighted by Gasteiger charge is 2.24. The minimum absolute atomic E-state index is 0.0635. The summed E-state index contributed by atoms with van der Waals surface area (Å²) in [5, 5.41) is 12.6. The van der Waals surface area contributed by atoms with Crippen LogP contribution in [-0.2, 0) is 0 Å². The van der Waals surface area contributed by atoms with Crippen LogP contribution in [0.1, 0.15) is 18.4 Å². The second-order valence-corrected chi connectivity index (χ2v) is 6.30. The second kappa shape index (κ2) is 6.81. The molecule has 0 bridgehead atoms. The average molecular weight is 351 g/mol. The number of benzene rings is 1. The number of likely N-dealkylation sites (tertiary alicyclic amines) is 1. The Kier molecular flexibility index (Phi) is 5.07. The summed E-state index contributed by atoms with van der Waals surface area (Å²) in [6.07, 6.45) is 1.77. The van der Waals surface area contributed by atoms with Crippen LogP contribution in [0.25, 0.3) is 0 Å². The van der Waals surface area contributed by atoms with Crippen molar-refractivity contribution < 1.29 is 4.79 Å². The van der Waals surface area contributed by atoms with E-state index in [0.29, 0.717) is 5.56 Å². The molecule has 1 aliphatic heterocycles. The zero-order valence-corrected chi connectivity index (χ0v) is 13.9. The first-order chi connectivity index (χ1) is 10.0. The van der Waals surface area contributed by atoms with Crippen molar-refractivity contribution in [3.63, 3.8) is 0 Å². The number of piperidine rings is 1. The smallest absolute Gasteiger partial charge is 0.319 e. The Hall–Kier alpha value is -1.74. The molecule has 6 heteroatoms. The Morgan fingerprint density at radius 1 is 1.43 bits per heavy atom. The Morgan fingerprint density at radius 2 is 2.10 bits per heavy atom. The number of rotatable bonds is 2. The molecular formula is C15H19BrN4O. The maximum atomic E-state index is 11.9. The molecule has 2 rings (SSSR count). The van der Waals surface area contributed by atoms with Crippen molar-refractivity contribution in [1.29, 1.82) is 5.26 Å². The maximum absolute atomic E-state index is 11.9. The zero-order valence-electron chi connectivity index (χ0n) is 12.3. The predicted octanol–water partition coefficient (Wildman–Crippen LogP) is 2.88. The van der Waals surface area contributed by atoms with Crippen LogP contribution >= 0.6 is 15.9 Å². The molecule has 5 nitrogen and oxygen atoms in total. The lowest BCUT2D eigenvalue weighted by molar-refractivity contribution is 0.158. The Morgan fingerprint density at radius 3 is 2.67 bits per heavy atom. The van der Waals surface area contributed by atoms with Gasteiger partial charge in [0.05, 0.1) is 11.3 Å². The second-order valence-electron chi connectivity index (χ2n) is 5.38. The van der Waals surface area contributed by atoms with Crippen LogP contribution in [0, 0.1) is 11.3 Å². The van der Waals surface area contributed by atoms with Crippen LogP contribution in [0.15, 0.2) is 22.7 Å². The predicted molar refractivity (Wildman–Crippen MR) is 86.2 cm³/mol. The van der Waals surface area contributed by atoms with E-state index in [4.69, 9.17) is 5.26 Å². The van der Waals surface area contributed by atoms with Crippen LogP contribution in [0.5, 0.6) is 0 Å². The number of carbonyl (C=O) groups is 1. The van der Waals surface area contributed by atoms with Crippen LogP contribution in [0.4, 0.5) is 10.5 Å². The van der Waals surface area contributed by atoms with Crippen molar-refractivity contribution >= 4 is 27.6 Å². The molecule has 1 aromatic carbocycles. The number of urea groups is 1. The van der Waals surface area contributed by atoms with Crippen LogP contribution < -0.4 is 5.32 Å². The minimum atomic E-state index is 0.0635. The van der Waals surface area contributed by atoms with Gasteiger partial charge >= 0.3 is 6.03 Å². The fourth-order valence-corrected chi connectivity index (χ4v) is 2.81. The standard InChI is InChI=1S/C15H19BrN4O/c1-19(2)15(21)20-7-5-13(6-8-20)18-14-9-12(16)4-3-11(14)10-17/h3-4,9,13,18H,5-8H2,1-2H3. The molecule has 21 heavy (non-hydrogen) atoms. The topological polar surface area (TPSA) is 59.4 Å². The molecule has 0 aromatic heterocycles. The molecule has 0 radical (unpaired) electrons. The fourth-order valence-electron chi connectivity index (χ4n) is 2.45. The monoisotopic (exact) mass is 350 g/mol. The van der Waals surface area contributed by atoms with Gasteiger partial charge in [0.15, 0.2) is 0 Å². The number of nitrogens with zero attached hydrogens (tertiary/aromatic N) is 3.